The molecule has 3 aliphatic rings. The number of imide groups is 1. The van der Waals surface area contributed by atoms with Crippen molar-refractivity contribution in [1.29, 1.82) is 0 Å². The molecule has 5 rings (SSSR count). The van der Waals surface area contributed by atoms with Crippen molar-refractivity contribution in [2.24, 2.45) is 16.7 Å². The standard InChI is InChI=1S/C29H38N4O2/c1-28(2)21-14-15-29(28,3)25(16-21)31-18-20-6-4-19(5-7-20)17-30-22-8-10-23(11-9-22)32-24-12-13-26(34)33-27(24)35/h4-11,21,24-25,30-32H,12-18H2,1-3H3,(H,33,34,35)/t21-,24?,25+,29+/m1/s1. The maximum absolute atomic E-state index is 11.9. The van der Waals surface area contributed by atoms with Gasteiger partial charge >= 0.3 is 0 Å². The summed E-state index contributed by atoms with van der Waals surface area (Å²) in [6.45, 7) is 9.11. The molecule has 6 nitrogen and oxygen atoms in total. The van der Waals surface area contributed by atoms with Crippen LogP contribution < -0.4 is 21.3 Å². The summed E-state index contributed by atoms with van der Waals surface area (Å²) >= 11 is 0. The molecule has 1 unspecified atom stereocenters. The van der Waals surface area contributed by atoms with Gasteiger partial charge in [0.1, 0.15) is 6.04 Å². The van der Waals surface area contributed by atoms with Crippen LogP contribution in [0.25, 0.3) is 0 Å². The molecule has 2 aliphatic carbocycles. The third kappa shape index (κ3) is 4.68. The average molecular weight is 475 g/mol. The van der Waals surface area contributed by atoms with Crippen LogP contribution >= 0.6 is 0 Å². The largest absolute Gasteiger partial charge is 0.381 e. The van der Waals surface area contributed by atoms with Gasteiger partial charge in [-0.3, -0.25) is 14.9 Å². The van der Waals surface area contributed by atoms with E-state index >= 15 is 0 Å². The van der Waals surface area contributed by atoms with Crippen molar-refractivity contribution in [2.45, 2.75) is 78.0 Å². The molecule has 2 aromatic rings. The van der Waals surface area contributed by atoms with E-state index < -0.39 is 0 Å². The summed E-state index contributed by atoms with van der Waals surface area (Å²) in [4.78, 5) is 23.2. The predicted molar refractivity (Wildman–Crippen MR) is 140 cm³/mol. The molecule has 0 aromatic heterocycles. The van der Waals surface area contributed by atoms with Crippen LogP contribution in [0, 0.1) is 16.7 Å². The number of anilines is 2. The Morgan fingerprint density at radius 2 is 1.54 bits per heavy atom. The molecule has 4 N–H and O–H groups in total. The minimum Gasteiger partial charge on any atom is -0.381 e. The van der Waals surface area contributed by atoms with E-state index in [4.69, 9.17) is 0 Å². The first-order valence-corrected chi connectivity index (χ1v) is 13.0. The zero-order valence-corrected chi connectivity index (χ0v) is 21.1. The smallest absolute Gasteiger partial charge is 0.249 e. The molecule has 1 aliphatic heterocycles. The number of hydrogen-bond donors (Lipinski definition) is 4. The number of rotatable bonds is 8. The highest BCUT2D eigenvalue weighted by atomic mass is 16.2. The lowest BCUT2D eigenvalue weighted by atomic mass is 9.69. The van der Waals surface area contributed by atoms with E-state index in [1.165, 1.54) is 30.4 Å². The normalized spacial score (nSPS) is 29.2. The first-order chi connectivity index (χ1) is 16.7. The van der Waals surface area contributed by atoms with Gasteiger partial charge in [0.15, 0.2) is 0 Å². The van der Waals surface area contributed by atoms with Gasteiger partial charge in [-0.25, -0.2) is 0 Å². The lowest BCUT2D eigenvalue weighted by molar-refractivity contribution is -0.133. The zero-order valence-electron chi connectivity index (χ0n) is 21.1. The second kappa shape index (κ2) is 9.30. The maximum Gasteiger partial charge on any atom is 0.249 e. The summed E-state index contributed by atoms with van der Waals surface area (Å²) in [5.41, 5.74) is 5.33. The first-order valence-electron chi connectivity index (χ1n) is 13.0. The number of carbonyl (C=O) groups is 2. The maximum atomic E-state index is 11.9. The van der Waals surface area contributed by atoms with Gasteiger partial charge in [-0.2, -0.15) is 0 Å². The van der Waals surface area contributed by atoms with Crippen LogP contribution in [0.3, 0.4) is 0 Å². The van der Waals surface area contributed by atoms with E-state index in [9.17, 15) is 9.59 Å². The number of fused-ring (bicyclic) bond motifs is 2. The van der Waals surface area contributed by atoms with E-state index in [1.54, 1.807) is 0 Å². The molecule has 2 bridgehead atoms. The lowest BCUT2D eigenvalue weighted by Gasteiger charge is -2.39. The molecule has 1 heterocycles. The summed E-state index contributed by atoms with van der Waals surface area (Å²) in [5.74, 6) is 0.409. The number of piperidine rings is 1. The highest BCUT2D eigenvalue weighted by molar-refractivity contribution is 6.01. The van der Waals surface area contributed by atoms with Crippen LogP contribution in [-0.4, -0.2) is 23.9 Å². The Morgan fingerprint density at radius 1 is 0.886 bits per heavy atom. The predicted octanol–water partition coefficient (Wildman–Crippen LogP) is 4.82. The minimum atomic E-state index is -0.363. The molecule has 6 heteroatoms. The van der Waals surface area contributed by atoms with Gasteiger partial charge in [0.25, 0.3) is 0 Å². The van der Waals surface area contributed by atoms with E-state index in [-0.39, 0.29) is 17.9 Å². The van der Waals surface area contributed by atoms with Crippen molar-refractivity contribution < 1.29 is 9.59 Å². The number of benzene rings is 2. The highest BCUT2D eigenvalue weighted by Gasteiger charge is 2.60. The molecule has 35 heavy (non-hydrogen) atoms. The summed E-state index contributed by atoms with van der Waals surface area (Å²) in [6, 6.07) is 17.0. The quantitative estimate of drug-likeness (QED) is 0.413. The van der Waals surface area contributed by atoms with Crippen LogP contribution in [0.2, 0.25) is 0 Å². The van der Waals surface area contributed by atoms with Crippen LogP contribution in [0.15, 0.2) is 48.5 Å². The number of carbonyl (C=O) groups excluding carboxylic acids is 2. The van der Waals surface area contributed by atoms with Gasteiger partial charge in [0, 0.05) is 36.9 Å². The number of nitrogens with one attached hydrogen (secondary N) is 4. The minimum absolute atomic E-state index is 0.198. The Balaban J connectivity index is 1.08. The SMILES string of the molecule is CC1(C)[C@@H]2CC[C@@]1(C)[C@@H](NCc1ccc(CNc3ccc(NC4CCC(=O)NC4=O)cc3)cc1)C2. The topological polar surface area (TPSA) is 82.3 Å². The zero-order chi connectivity index (χ0) is 24.6. The van der Waals surface area contributed by atoms with Crippen molar-refractivity contribution in [3.8, 4) is 0 Å². The van der Waals surface area contributed by atoms with Crippen molar-refractivity contribution in [2.75, 3.05) is 10.6 Å². The summed E-state index contributed by atoms with van der Waals surface area (Å²) < 4.78 is 0. The molecule has 2 amide bonds. The first kappa shape index (κ1) is 23.9. The van der Waals surface area contributed by atoms with E-state index in [0.717, 1.165) is 30.4 Å². The monoisotopic (exact) mass is 474 g/mol. The van der Waals surface area contributed by atoms with Gasteiger partial charge in [-0.1, -0.05) is 45.0 Å². The van der Waals surface area contributed by atoms with E-state index in [0.29, 0.717) is 29.7 Å². The molecule has 0 spiro atoms. The van der Waals surface area contributed by atoms with Crippen LogP contribution in [0.1, 0.15) is 64.0 Å². The van der Waals surface area contributed by atoms with Gasteiger partial charge in [0.2, 0.25) is 11.8 Å². The van der Waals surface area contributed by atoms with Gasteiger partial charge in [0.05, 0.1) is 0 Å². The Bertz CT molecular complexity index is 1080. The molecule has 3 fully saturated rings. The second-order valence-corrected chi connectivity index (χ2v) is 11.4. The number of hydrogen-bond acceptors (Lipinski definition) is 5. The Hall–Kier alpha value is -2.86. The fourth-order valence-corrected chi connectivity index (χ4v) is 6.45. The van der Waals surface area contributed by atoms with Crippen molar-refractivity contribution in [3.05, 3.63) is 59.7 Å². The van der Waals surface area contributed by atoms with E-state index in [2.05, 4.69) is 66.3 Å². The third-order valence-corrected chi connectivity index (χ3v) is 9.33. The highest BCUT2D eigenvalue weighted by Crippen LogP contribution is 2.65. The van der Waals surface area contributed by atoms with Crippen LogP contribution in [-0.2, 0) is 22.7 Å². The molecule has 2 saturated carbocycles. The van der Waals surface area contributed by atoms with Gasteiger partial charge in [-0.05, 0) is 77.8 Å². The molecule has 2 aromatic carbocycles. The summed E-state index contributed by atoms with van der Waals surface area (Å²) in [5, 5.41) is 12.9. The number of amides is 2. The molecular formula is C29H38N4O2. The Morgan fingerprint density at radius 3 is 2.14 bits per heavy atom. The molecule has 1 saturated heterocycles. The van der Waals surface area contributed by atoms with E-state index in [1.807, 2.05) is 24.3 Å². The van der Waals surface area contributed by atoms with Crippen LogP contribution in [0.5, 0.6) is 0 Å². The van der Waals surface area contributed by atoms with Crippen molar-refractivity contribution in [1.82, 2.24) is 10.6 Å². The lowest BCUT2D eigenvalue weighted by Crippen LogP contribution is -2.47. The molecule has 186 valence electrons. The molecular weight excluding hydrogens is 436 g/mol. The summed E-state index contributed by atoms with van der Waals surface area (Å²) in [7, 11) is 0. The molecule has 0 radical (unpaired) electrons. The average Bonchev–Trinajstić information content (AvgIpc) is 3.18. The third-order valence-electron chi connectivity index (χ3n) is 9.33. The fourth-order valence-electron chi connectivity index (χ4n) is 6.45. The Kier molecular flexibility index (Phi) is 6.34. The Labute approximate surface area is 208 Å². The van der Waals surface area contributed by atoms with Gasteiger partial charge < -0.3 is 16.0 Å². The second-order valence-electron chi connectivity index (χ2n) is 11.4. The molecule has 4 atom stereocenters. The summed E-state index contributed by atoms with van der Waals surface area (Å²) in [6.07, 6.45) is 4.95. The van der Waals surface area contributed by atoms with Crippen molar-refractivity contribution in [3.63, 3.8) is 0 Å². The fraction of sp³-hybridized carbons (Fsp3) is 0.517. The van der Waals surface area contributed by atoms with Crippen molar-refractivity contribution >= 4 is 23.2 Å². The van der Waals surface area contributed by atoms with Crippen LogP contribution in [0.4, 0.5) is 11.4 Å². The van der Waals surface area contributed by atoms with Gasteiger partial charge in [-0.15, -0.1) is 0 Å².